The summed E-state index contributed by atoms with van der Waals surface area (Å²) in [6.45, 7) is 5.72. The molecule has 24 heavy (non-hydrogen) atoms. The normalized spacial score (nSPS) is 12.9. The monoisotopic (exact) mass is 355 g/mol. The molecule has 0 fully saturated rings. The molecule has 1 amide bonds. The molecule has 7 heteroatoms. The van der Waals surface area contributed by atoms with Crippen LogP contribution in [0.3, 0.4) is 0 Å². The van der Waals surface area contributed by atoms with E-state index in [0.29, 0.717) is 12.8 Å². The van der Waals surface area contributed by atoms with Crippen molar-refractivity contribution in [3.05, 3.63) is 29.3 Å². The van der Waals surface area contributed by atoms with Gasteiger partial charge in [0.25, 0.3) is 5.91 Å². The minimum Gasteiger partial charge on any atom is -0.481 e. The van der Waals surface area contributed by atoms with Crippen molar-refractivity contribution >= 4 is 21.7 Å². The molecule has 0 saturated heterocycles. The van der Waals surface area contributed by atoms with E-state index in [2.05, 4.69) is 5.32 Å². The van der Waals surface area contributed by atoms with Crippen LogP contribution in [0.4, 0.5) is 0 Å². The van der Waals surface area contributed by atoms with E-state index in [-0.39, 0.29) is 22.9 Å². The molecule has 1 rings (SSSR count). The van der Waals surface area contributed by atoms with Gasteiger partial charge >= 0.3 is 5.97 Å². The van der Waals surface area contributed by atoms with E-state index in [1.807, 2.05) is 20.8 Å². The maximum atomic E-state index is 12.4. The summed E-state index contributed by atoms with van der Waals surface area (Å²) in [4.78, 5) is 23.8. The van der Waals surface area contributed by atoms with Gasteiger partial charge in [0.1, 0.15) is 0 Å². The van der Waals surface area contributed by atoms with Crippen molar-refractivity contribution in [2.24, 2.45) is 11.8 Å². The number of nitrogens with one attached hydrogen (secondary N) is 1. The second-order valence-corrected chi connectivity index (χ2v) is 8.34. The van der Waals surface area contributed by atoms with Crippen molar-refractivity contribution < 1.29 is 23.1 Å². The van der Waals surface area contributed by atoms with E-state index in [1.54, 1.807) is 6.07 Å². The average Bonchev–Trinajstić information content (AvgIpc) is 2.48. The van der Waals surface area contributed by atoms with Crippen LogP contribution in [0.15, 0.2) is 23.1 Å². The van der Waals surface area contributed by atoms with E-state index in [4.69, 9.17) is 0 Å². The Morgan fingerprint density at radius 2 is 1.88 bits per heavy atom. The van der Waals surface area contributed by atoms with Crippen molar-refractivity contribution in [1.82, 2.24) is 5.32 Å². The van der Waals surface area contributed by atoms with Crippen LogP contribution in [-0.4, -0.2) is 38.2 Å². The van der Waals surface area contributed by atoms with Crippen LogP contribution >= 0.6 is 0 Å². The number of carboxylic acid groups (broad SMARTS) is 1. The van der Waals surface area contributed by atoms with E-state index in [0.717, 1.165) is 11.8 Å². The predicted molar refractivity (Wildman–Crippen MR) is 91.8 cm³/mol. The molecule has 1 atom stereocenters. The van der Waals surface area contributed by atoms with Crippen molar-refractivity contribution in [2.75, 3.05) is 12.8 Å². The van der Waals surface area contributed by atoms with Gasteiger partial charge < -0.3 is 10.4 Å². The molecule has 1 aromatic carbocycles. The molecule has 0 aliphatic heterocycles. The first-order chi connectivity index (χ1) is 11.1. The Kier molecular flexibility index (Phi) is 6.95. The summed E-state index contributed by atoms with van der Waals surface area (Å²) < 4.78 is 23.3. The van der Waals surface area contributed by atoms with Crippen molar-refractivity contribution in [2.45, 2.75) is 38.5 Å². The first-order valence-electron chi connectivity index (χ1n) is 7.90. The van der Waals surface area contributed by atoms with Gasteiger partial charge in [-0.25, -0.2) is 8.42 Å². The van der Waals surface area contributed by atoms with Gasteiger partial charge in [-0.2, -0.15) is 0 Å². The number of sulfone groups is 1. The quantitative estimate of drug-likeness (QED) is 0.744. The molecule has 0 bridgehead atoms. The van der Waals surface area contributed by atoms with Crippen LogP contribution in [0.2, 0.25) is 0 Å². The molecular formula is C17H25NO5S. The minimum atomic E-state index is -3.42. The second-order valence-electron chi connectivity index (χ2n) is 6.32. The molecule has 1 unspecified atom stereocenters. The van der Waals surface area contributed by atoms with Gasteiger partial charge in [-0.15, -0.1) is 0 Å². The fourth-order valence-corrected chi connectivity index (χ4v) is 3.10. The number of amides is 1. The smallest absolute Gasteiger partial charge is 0.308 e. The second kappa shape index (κ2) is 8.28. The lowest BCUT2D eigenvalue weighted by Gasteiger charge is -2.16. The first-order valence-corrected chi connectivity index (χ1v) is 9.79. The third-order valence-electron chi connectivity index (χ3n) is 3.75. The van der Waals surface area contributed by atoms with Crippen molar-refractivity contribution in [3.8, 4) is 0 Å². The molecule has 0 aliphatic rings. The van der Waals surface area contributed by atoms with Crippen LogP contribution in [0.25, 0.3) is 0 Å². The zero-order chi connectivity index (χ0) is 18.5. The number of hydrogen-bond donors (Lipinski definition) is 2. The number of carbonyl (C=O) groups is 2. The number of rotatable bonds is 8. The summed E-state index contributed by atoms with van der Waals surface area (Å²) in [6.07, 6.45) is 2.11. The van der Waals surface area contributed by atoms with Crippen LogP contribution in [-0.2, 0) is 21.1 Å². The van der Waals surface area contributed by atoms with Gasteiger partial charge in [-0.3, -0.25) is 9.59 Å². The predicted octanol–water partition coefficient (Wildman–Crippen LogP) is 2.13. The summed E-state index contributed by atoms with van der Waals surface area (Å²) in [6, 6.07) is 4.44. The van der Waals surface area contributed by atoms with Crippen LogP contribution in [0.1, 0.15) is 43.1 Å². The third-order valence-corrected chi connectivity index (χ3v) is 4.86. The first kappa shape index (κ1) is 20.2. The fraction of sp³-hybridized carbons (Fsp3) is 0.529. The standard InChI is InChI=1S/C17H25NO5S/c1-5-12-6-7-14(24(4,22)23)9-15(12)16(19)18-10-13(17(20)21)8-11(2)3/h6-7,9,11,13H,5,8,10H2,1-4H3,(H,18,19)(H,20,21). The lowest BCUT2D eigenvalue weighted by Crippen LogP contribution is -2.34. The topological polar surface area (TPSA) is 101 Å². The summed E-state index contributed by atoms with van der Waals surface area (Å²) in [7, 11) is -3.42. The molecule has 2 N–H and O–H groups in total. The Hall–Kier alpha value is -1.89. The molecule has 0 spiro atoms. The van der Waals surface area contributed by atoms with Gasteiger partial charge in [-0.1, -0.05) is 26.8 Å². The van der Waals surface area contributed by atoms with E-state index in [9.17, 15) is 23.1 Å². The summed E-state index contributed by atoms with van der Waals surface area (Å²) in [5.74, 6) is -1.88. The van der Waals surface area contributed by atoms with Crippen molar-refractivity contribution in [3.63, 3.8) is 0 Å². The highest BCUT2D eigenvalue weighted by atomic mass is 32.2. The Labute approximate surface area is 143 Å². The van der Waals surface area contributed by atoms with Crippen LogP contribution in [0.5, 0.6) is 0 Å². The van der Waals surface area contributed by atoms with Gasteiger partial charge in [0.05, 0.1) is 10.8 Å². The number of carbonyl (C=O) groups excluding carboxylic acids is 1. The van der Waals surface area contributed by atoms with Gasteiger partial charge in [0, 0.05) is 18.4 Å². The average molecular weight is 355 g/mol. The minimum absolute atomic E-state index is 0.0125. The molecule has 0 radical (unpaired) electrons. The molecule has 134 valence electrons. The molecule has 0 aliphatic carbocycles. The maximum Gasteiger partial charge on any atom is 0.308 e. The van der Waals surface area contributed by atoms with Gasteiger partial charge in [0.2, 0.25) is 0 Å². The summed E-state index contributed by atoms with van der Waals surface area (Å²) >= 11 is 0. The highest BCUT2D eigenvalue weighted by molar-refractivity contribution is 7.90. The largest absolute Gasteiger partial charge is 0.481 e. The van der Waals surface area contributed by atoms with Gasteiger partial charge in [0.15, 0.2) is 9.84 Å². The van der Waals surface area contributed by atoms with E-state index in [1.165, 1.54) is 12.1 Å². The lowest BCUT2D eigenvalue weighted by molar-refractivity contribution is -0.142. The number of hydrogen-bond acceptors (Lipinski definition) is 4. The zero-order valence-electron chi connectivity index (χ0n) is 14.5. The Morgan fingerprint density at radius 1 is 1.25 bits per heavy atom. The maximum absolute atomic E-state index is 12.4. The lowest BCUT2D eigenvalue weighted by atomic mass is 9.97. The summed E-state index contributed by atoms with van der Waals surface area (Å²) in [5.41, 5.74) is 0.991. The Balaban J connectivity index is 2.99. The SMILES string of the molecule is CCc1ccc(S(C)(=O)=O)cc1C(=O)NCC(CC(C)C)C(=O)O. The Bertz CT molecular complexity index is 710. The number of aliphatic carboxylic acids is 1. The molecule has 1 aromatic rings. The van der Waals surface area contributed by atoms with E-state index < -0.39 is 27.6 Å². The fourth-order valence-electron chi connectivity index (χ4n) is 2.46. The number of aryl methyl sites for hydroxylation is 1. The molecule has 6 nitrogen and oxygen atoms in total. The van der Waals surface area contributed by atoms with E-state index >= 15 is 0 Å². The molecule has 0 aromatic heterocycles. The zero-order valence-corrected chi connectivity index (χ0v) is 15.3. The summed E-state index contributed by atoms with van der Waals surface area (Å²) in [5, 5.41) is 11.9. The molecule has 0 heterocycles. The number of benzene rings is 1. The highest BCUT2D eigenvalue weighted by Gasteiger charge is 2.21. The van der Waals surface area contributed by atoms with Crippen LogP contribution < -0.4 is 5.32 Å². The molecular weight excluding hydrogens is 330 g/mol. The molecule has 0 saturated carbocycles. The van der Waals surface area contributed by atoms with Gasteiger partial charge in [-0.05, 0) is 36.5 Å². The highest BCUT2D eigenvalue weighted by Crippen LogP contribution is 2.17. The van der Waals surface area contributed by atoms with Crippen LogP contribution in [0, 0.1) is 11.8 Å². The van der Waals surface area contributed by atoms with Crippen molar-refractivity contribution in [1.29, 1.82) is 0 Å². The number of carboxylic acids is 1. The Morgan fingerprint density at radius 3 is 2.33 bits per heavy atom. The third kappa shape index (κ3) is 5.63.